The fourth-order valence-corrected chi connectivity index (χ4v) is 2.32. The number of hydrogen-bond donors (Lipinski definition) is 1. The number of nitrogens with zero attached hydrogens (tertiary/aromatic N) is 2. The van der Waals surface area contributed by atoms with E-state index in [-0.39, 0.29) is 0 Å². The average molecular weight is 275 g/mol. The molecule has 0 saturated heterocycles. The zero-order valence-electron chi connectivity index (χ0n) is 13.4. The molecule has 112 valence electrons. The monoisotopic (exact) mass is 275 g/mol. The molecule has 0 spiro atoms. The fourth-order valence-electron chi connectivity index (χ4n) is 2.32. The molecule has 0 aliphatic rings. The van der Waals surface area contributed by atoms with Gasteiger partial charge in [0.1, 0.15) is 0 Å². The Labute approximate surface area is 124 Å². The van der Waals surface area contributed by atoms with Crippen LogP contribution in [0.3, 0.4) is 0 Å². The Morgan fingerprint density at radius 2 is 1.70 bits per heavy atom. The van der Waals surface area contributed by atoms with E-state index in [2.05, 4.69) is 55.0 Å². The molecule has 1 N–H and O–H groups in total. The number of rotatable bonds is 8. The van der Waals surface area contributed by atoms with Crippen LogP contribution in [0.2, 0.25) is 0 Å². The standard InChI is InChI=1S/C17H29N3/c1-5-15-9-11-16(12-10-15)19(4)13-8-14-20(7-3)17(18)6-2/h9-12,18H,5-8,13-14H2,1-4H3. The average Bonchev–Trinajstić information content (AvgIpc) is 2.50. The van der Waals surface area contributed by atoms with E-state index in [0.717, 1.165) is 44.7 Å². The minimum absolute atomic E-state index is 0.752. The Kier molecular flexibility index (Phi) is 7.13. The van der Waals surface area contributed by atoms with Gasteiger partial charge in [-0.25, -0.2) is 0 Å². The summed E-state index contributed by atoms with van der Waals surface area (Å²) < 4.78 is 0. The molecule has 0 radical (unpaired) electrons. The molecule has 0 unspecified atom stereocenters. The van der Waals surface area contributed by atoms with Gasteiger partial charge in [-0.15, -0.1) is 0 Å². The maximum atomic E-state index is 7.90. The smallest absolute Gasteiger partial charge is 0.0954 e. The number of hydrogen-bond acceptors (Lipinski definition) is 2. The van der Waals surface area contributed by atoms with Gasteiger partial charge >= 0.3 is 0 Å². The first-order valence-electron chi connectivity index (χ1n) is 7.74. The van der Waals surface area contributed by atoms with Crippen molar-refractivity contribution in [2.75, 3.05) is 31.6 Å². The molecule has 0 heterocycles. The summed E-state index contributed by atoms with van der Waals surface area (Å²) in [6.07, 6.45) is 3.00. The predicted molar refractivity (Wildman–Crippen MR) is 89.0 cm³/mol. The van der Waals surface area contributed by atoms with Crippen LogP contribution in [0, 0.1) is 5.41 Å². The molecule has 0 aliphatic heterocycles. The third kappa shape index (κ3) is 4.87. The minimum Gasteiger partial charge on any atom is -0.375 e. The Morgan fingerprint density at radius 1 is 1.05 bits per heavy atom. The maximum Gasteiger partial charge on any atom is 0.0954 e. The highest BCUT2D eigenvalue weighted by molar-refractivity contribution is 5.78. The van der Waals surface area contributed by atoms with Crippen molar-refractivity contribution in [3.05, 3.63) is 29.8 Å². The quantitative estimate of drug-likeness (QED) is 0.578. The lowest BCUT2D eigenvalue weighted by Gasteiger charge is -2.25. The Morgan fingerprint density at radius 3 is 2.20 bits per heavy atom. The second-order valence-corrected chi connectivity index (χ2v) is 5.18. The van der Waals surface area contributed by atoms with Crippen molar-refractivity contribution in [2.45, 2.75) is 40.0 Å². The number of aryl methyl sites for hydroxylation is 1. The highest BCUT2D eigenvalue weighted by Gasteiger charge is 2.06. The maximum absolute atomic E-state index is 7.90. The van der Waals surface area contributed by atoms with Gasteiger partial charge in [0.25, 0.3) is 0 Å². The molecule has 3 heteroatoms. The molecule has 0 bridgehead atoms. The Hall–Kier alpha value is -1.51. The molecule has 0 aromatic heterocycles. The lowest BCUT2D eigenvalue weighted by Crippen LogP contribution is -2.32. The van der Waals surface area contributed by atoms with Crippen molar-refractivity contribution in [1.29, 1.82) is 5.41 Å². The molecule has 1 rings (SSSR count). The summed E-state index contributed by atoms with van der Waals surface area (Å²) in [7, 11) is 2.14. The van der Waals surface area contributed by atoms with Gasteiger partial charge in [0, 0.05) is 38.8 Å². The number of anilines is 1. The lowest BCUT2D eigenvalue weighted by molar-refractivity contribution is 0.422. The SMILES string of the molecule is CCC(=N)N(CC)CCCN(C)c1ccc(CC)cc1. The van der Waals surface area contributed by atoms with E-state index >= 15 is 0 Å². The van der Waals surface area contributed by atoms with Crippen LogP contribution in [-0.2, 0) is 6.42 Å². The van der Waals surface area contributed by atoms with E-state index in [1.165, 1.54) is 11.3 Å². The minimum atomic E-state index is 0.752. The largest absolute Gasteiger partial charge is 0.375 e. The molecule has 1 aromatic rings. The van der Waals surface area contributed by atoms with Gasteiger partial charge < -0.3 is 9.80 Å². The zero-order chi connectivity index (χ0) is 15.0. The molecule has 0 fully saturated rings. The molecule has 0 aliphatic carbocycles. The zero-order valence-corrected chi connectivity index (χ0v) is 13.4. The first kappa shape index (κ1) is 16.5. The summed E-state index contributed by atoms with van der Waals surface area (Å²) in [5, 5.41) is 7.90. The summed E-state index contributed by atoms with van der Waals surface area (Å²) in [5.74, 6) is 0.752. The van der Waals surface area contributed by atoms with E-state index in [0.29, 0.717) is 0 Å². The van der Waals surface area contributed by atoms with Crippen molar-refractivity contribution in [1.82, 2.24) is 4.90 Å². The molecule has 20 heavy (non-hydrogen) atoms. The van der Waals surface area contributed by atoms with Gasteiger partial charge in [-0.1, -0.05) is 26.0 Å². The second-order valence-electron chi connectivity index (χ2n) is 5.18. The number of amidine groups is 1. The van der Waals surface area contributed by atoms with Gasteiger partial charge in [-0.2, -0.15) is 0 Å². The molecule has 0 atom stereocenters. The molecular formula is C17H29N3. The van der Waals surface area contributed by atoms with E-state index in [1.807, 2.05) is 6.92 Å². The predicted octanol–water partition coefficient (Wildman–Crippen LogP) is 3.78. The van der Waals surface area contributed by atoms with Crippen LogP contribution in [0.4, 0.5) is 5.69 Å². The molecule has 1 aromatic carbocycles. The summed E-state index contributed by atoms with van der Waals surface area (Å²) in [6.45, 7) is 9.28. The summed E-state index contributed by atoms with van der Waals surface area (Å²) in [4.78, 5) is 4.46. The van der Waals surface area contributed by atoms with E-state index < -0.39 is 0 Å². The first-order chi connectivity index (χ1) is 9.62. The number of nitrogens with one attached hydrogen (secondary N) is 1. The molecular weight excluding hydrogens is 246 g/mol. The van der Waals surface area contributed by atoms with Crippen LogP contribution in [0.25, 0.3) is 0 Å². The van der Waals surface area contributed by atoms with Gasteiger partial charge in [0.15, 0.2) is 0 Å². The van der Waals surface area contributed by atoms with Crippen molar-refractivity contribution in [3.63, 3.8) is 0 Å². The van der Waals surface area contributed by atoms with Gasteiger partial charge in [-0.3, -0.25) is 5.41 Å². The third-order valence-corrected chi connectivity index (χ3v) is 3.81. The molecule has 3 nitrogen and oxygen atoms in total. The van der Waals surface area contributed by atoms with Crippen LogP contribution >= 0.6 is 0 Å². The normalized spacial score (nSPS) is 10.4. The van der Waals surface area contributed by atoms with Crippen LogP contribution in [0.5, 0.6) is 0 Å². The Bertz CT molecular complexity index is 397. The molecule has 0 amide bonds. The van der Waals surface area contributed by atoms with Crippen molar-refractivity contribution >= 4 is 11.5 Å². The van der Waals surface area contributed by atoms with E-state index in [4.69, 9.17) is 5.41 Å². The van der Waals surface area contributed by atoms with Crippen molar-refractivity contribution < 1.29 is 0 Å². The number of benzene rings is 1. The van der Waals surface area contributed by atoms with Crippen LogP contribution in [-0.4, -0.2) is 37.4 Å². The first-order valence-corrected chi connectivity index (χ1v) is 7.74. The van der Waals surface area contributed by atoms with E-state index in [9.17, 15) is 0 Å². The van der Waals surface area contributed by atoms with Crippen molar-refractivity contribution in [3.8, 4) is 0 Å². The van der Waals surface area contributed by atoms with Crippen molar-refractivity contribution in [2.24, 2.45) is 0 Å². The Balaban J connectivity index is 2.42. The van der Waals surface area contributed by atoms with Gasteiger partial charge in [0.2, 0.25) is 0 Å². The van der Waals surface area contributed by atoms with E-state index in [1.54, 1.807) is 0 Å². The summed E-state index contributed by atoms with van der Waals surface area (Å²) in [5.41, 5.74) is 2.66. The highest BCUT2D eigenvalue weighted by Crippen LogP contribution is 2.14. The third-order valence-electron chi connectivity index (χ3n) is 3.81. The summed E-state index contributed by atoms with van der Waals surface area (Å²) >= 11 is 0. The fraction of sp³-hybridized carbons (Fsp3) is 0.588. The second kappa shape index (κ2) is 8.62. The topological polar surface area (TPSA) is 30.3 Å². The highest BCUT2D eigenvalue weighted by atomic mass is 15.2. The van der Waals surface area contributed by atoms with Crippen LogP contribution in [0.15, 0.2) is 24.3 Å². The van der Waals surface area contributed by atoms with Gasteiger partial charge in [-0.05, 0) is 37.5 Å². The lowest BCUT2D eigenvalue weighted by atomic mass is 10.1. The van der Waals surface area contributed by atoms with Gasteiger partial charge in [0.05, 0.1) is 5.84 Å². The van der Waals surface area contributed by atoms with Crippen LogP contribution in [0.1, 0.15) is 39.2 Å². The molecule has 0 saturated carbocycles. The summed E-state index contributed by atoms with van der Waals surface area (Å²) in [6, 6.07) is 8.81. The van der Waals surface area contributed by atoms with Crippen LogP contribution < -0.4 is 4.90 Å².